The van der Waals surface area contributed by atoms with Crippen LogP contribution < -0.4 is 5.32 Å². The molecule has 2 fully saturated rings. The lowest BCUT2D eigenvalue weighted by Gasteiger charge is -2.36. The highest BCUT2D eigenvalue weighted by Crippen LogP contribution is 2.31. The van der Waals surface area contributed by atoms with Crippen molar-refractivity contribution in [2.24, 2.45) is 5.92 Å². The summed E-state index contributed by atoms with van der Waals surface area (Å²) in [6, 6.07) is 10.3. The number of carbonyl (C=O) groups excluding carboxylic acids is 1. The monoisotopic (exact) mass is 339 g/mol. The van der Waals surface area contributed by atoms with E-state index in [0.29, 0.717) is 18.5 Å². The number of likely N-dealkylation sites (N-methyl/N-ethyl adjacent to an activating group) is 1. The summed E-state index contributed by atoms with van der Waals surface area (Å²) in [7, 11) is 2.14. The van der Waals surface area contributed by atoms with Gasteiger partial charge in [0.15, 0.2) is 0 Å². The molecule has 2 unspecified atom stereocenters. The molecule has 1 aromatic carbocycles. The number of aromatic nitrogens is 2. The van der Waals surface area contributed by atoms with Crippen molar-refractivity contribution in [2.45, 2.75) is 25.4 Å². The van der Waals surface area contributed by atoms with Gasteiger partial charge in [-0.2, -0.15) is 5.10 Å². The summed E-state index contributed by atoms with van der Waals surface area (Å²) in [5.41, 5.74) is 1.97. The van der Waals surface area contributed by atoms with E-state index in [1.54, 1.807) is 6.20 Å². The summed E-state index contributed by atoms with van der Waals surface area (Å²) in [5.74, 6) is 0.660. The lowest BCUT2D eigenvalue weighted by molar-refractivity contribution is 0.137. The zero-order chi connectivity index (χ0) is 17.2. The van der Waals surface area contributed by atoms with Crippen LogP contribution in [-0.4, -0.2) is 58.3 Å². The Balaban J connectivity index is 1.42. The fraction of sp³-hybridized carbons (Fsp3) is 0.474. The van der Waals surface area contributed by atoms with E-state index in [1.807, 2.05) is 40.0 Å². The molecule has 0 spiro atoms. The van der Waals surface area contributed by atoms with E-state index in [4.69, 9.17) is 0 Å². The van der Waals surface area contributed by atoms with Crippen molar-refractivity contribution in [3.8, 4) is 0 Å². The zero-order valence-corrected chi connectivity index (χ0v) is 14.6. The third kappa shape index (κ3) is 3.54. The molecule has 3 heterocycles. The normalized spacial score (nSPS) is 23.5. The molecule has 1 aromatic heterocycles. The first-order valence-corrected chi connectivity index (χ1v) is 9.01. The van der Waals surface area contributed by atoms with Crippen molar-refractivity contribution in [3.05, 3.63) is 48.3 Å². The van der Waals surface area contributed by atoms with E-state index in [0.717, 1.165) is 37.3 Å². The lowest BCUT2D eigenvalue weighted by atomic mass is 9.92. The van der Waals surface area contributed by atoms with Crippen molar-refractivity contribution >= 4 is 11.7 Å². The second-order valence-corrected chi connectivity index (χ2v) is 7.19. The second kappa shape index (κ2) is 6.88. The van der Waals surface area contributed by atoms with Gasteiger partial charge in [-0.3, -0.25) is 4.68 Å². The number of likely N-dealkylation sites (tertiary alicyclic amines) is 2. The molecular weight excluding hydrogens is 314 g/mol. The molecule has 2 aromatic rings. The molecule has 25 heavy (non-hydrogen) atoms. The Bertz CT molecular complexity index is 729. The minimum absolute atomic E-state index is 0.0269. The number of piperidine rings is 1. The summed E-state index contributed by atoms with van der Waals surface area (Å²) in [4.78, 5) is 17.1. The molecule has 4 rings (SSSR count). The van der Waals surface area contributed by atoms with E-state index in [2.05, 4.69) is 28.4 Å². The molecule has 2 aliphatic rings. The summed E-state index contributed by atoms with van der Waals surface area (Å²) in [5, 5.41) is 7.32. The maximum absolute atomic E-state index is 12.8. The van der Waals surface area contributed by atoms with Gasteiger partial charge in [-0.05, 0) is 56.1 Å². The Morgan fingerprint density at radius 3 is 3.00 bits per heavy atom. The molecule has 1 N–H and O–H groups in total. The highest BCUT2D eigenvalue weighted by molar-refractivity contribution is 5.89. The third-order valence-electron chi connectivity index (χ3n) is 5.41. The summed E-state index contributed by atoms with van der Waals surface area (Å²) >= 11 is 0. The highest BCUT2D eigenvalue weighted by Gasteiger charge is 2.39. The molecule has 0 bridgehead atoms. The van der Waals surface area contributed by atoms with Crippen LogP contribution in [0.5, 0.6) is 0 Å². The van der Waals surface area contributed by atoms with Crippen LogP contribution in [0.25, 0.3) is 0 Å². The maximum atomic E-state index is 12.8. The maximum Gasteiger partial charge on any atom is 0.322 e. The van der Waals surface area contributed by atoms with Crippen molar-refractivity contribution in [3.63, 3.8) is 0 Å². The minimum atomic E-state index is 0.0269. The van der Waals surface area contributed by atoms with Crippen LogP contribution in [0.3, 0.4) is 0 Å². The van der Waals surface area contributed by atoms with Gasteiger partial charge < -0.3 is 15.1 Å². The number of anilines is 1. The Hall–Kier alpha value is -2.34. The van der Waals surface area contributed by atoms with Gasteiger partial charge in [0.05, 0.1) is 6.54 Å². The number of amides is 2. The van der Waals surface area contributed by atoms with Crippen LogP contribution in [0.2, 0.25) is 0 Å². The molecule has 0 aliphatic carbocycles. The summed E-state index contributed by atoms with van der Waals surface area (Å²) < 4.78 is 1.88. The average molecular weight is 339 g/mol. The minimum Gasteiger partial charge on any atom is -0.320 e. The number of urea groups is 1. The molecule has 2 aliphatic heterocycles. The molecule has 6 nitrogen and oxygen atoms in total. The van der Waals surface area contributed by atoms with Gasteiger partial charge in [0, 0.05) is 37.2 Å². The second-order valence-electron chi connectivity index (χ2n) is 7.19. The molecule has 2 saturated heterocycles. The van der Waals surface area contributed by atoms with E-state index >= 15 is 0 Å². The van der Waals surface area contributed by atoms with Crippen LogP contribution in [0.1, 0.15) is 18.4 Å². The highest BCUT2D eigenvalue weighted by atomic mass is 16.2. The van der Waals surface area contributed by atoms with Crippen LogP contribution in [0, 0.1) is 5.92 Å². The van der Waals surface area contributed by atoms with Crippen LogP contribution in [-0.2, 0) is 6.54 Å². The van der Waals surface area contributed by atoms with Gasteiger partial charge in [-0.1, -0.05) is 12.1 Å². The number of rotatable bonds is 3. The predicted molar refractivity (Wildman–Crippen MR) is 97.5 cm³/mol. The lowest BCUT2D eigenvalue weighted by Crippen LogP contribution is -2.49. The molecule has 132 valence electrons. The smallest absolute Gasteiger partial charge is 0.320 e. The standard InChI is InChI=1S/C19H25N5O/c1-22-10-6-16-7-11-24(18(16)14-22)19(25)21-17-5-2-4-15(12-17)13-23-9-3-8-20-23/h2-5,8-9,12,16,18H,6-7,10-11,13-14H2,1H3,(H,21,25). The Morgan fingerprint density at radius 2 is 2.16 bits per heavy atom. The van der Waals surface area contributed by atoms with Crippen molar-refractivity contribution in [1.29, 1.82) is 0 Å². The van der Waals surface area contributed by atoms with Crippen LogP contribution >= 0.6 is 0 Å². The first kappa shape index (κ1) is 16.1. The number of hydrogen-bond donors (Lipinski definition) is 1. The van der Waals surface area contributed by atoms with Gasteiger partial charge >= 0.3 is 6.03 Å². The zero-order valence-electron chi connectivity index (χ0n) is 14.6. The molecule has 6 heteroatoms. The van der Waals surface area contributed by atoms with Gasteiger partial charge in [0.25, 0.3) is 0 Å². The molecule has 2 amide bonds. The topological polar surface area (TPSA) is 53.4 Å². The molecule has 0 radical (unpaired) electrons. The van der Waals surface area contributed by atoms with E-state index < -0.39 is 0 Å². The fourth-order valence-electron chi connectivity index (χ4n) is 4.07. The fourth-order valence-corrected chi connectivity index (χ4v) is 4.07. The predicted octanol–water partition coefficient (Wildman–Crippen LogP) is 2.49. The van der Waals surface area contributed by atoms with Gasteiger partial charge in [0.2, 0.25) is 0 Å². The average Bonchev–Trinajstić information content (AvgIpc) is 3.24. The molecule has 0 saturated carbocycles. The van der Waals surface area contributed by atoms with Crippen molar-refractivity contribution in [1.82, 2.24) is 19.6 Å². The van der Waals surface area contributed by atoms with Crippen LogP contribution in [0.4, 0.5) is 10.5 Å². The third-order valence-corrected chi connectivity index (χ3v) is 5.41. The van der Waals surface area contributed by atoms with Crippen molar-refractivity contribution in [2.75, 3.05) is 32.0 Å². The number of nitrogens with one attached hydrogen (secondary N) is 1. The number of carbonyl (C=O) groups is 1. The van der Waals surface area contributed by atoms with Crippen LogP contribution in [0.15, 0.2) is 42.7 Å². The van der Waals surface area contributed by atoms with E-state index in [-0.39, 0.29) is 6.03 Å². The number of nitrogens with zero attached hydrogens (tertiary/aromatic N) is 4. The van der Waals surface area contributed by atoms with E-state index in [1.165, 1.54) is 6.42 Å². The van der Waals surface area contributed by atoms with Crippen molar-refractivity contribution < 1.29 is 4.79 Å². The largest absolute Gasteiger partial charge is 0.322 e. The molecular formula is C19H25N5O. The number of hydrogen-bond acceptors (Lipinski definition) is 3. The Kier molecular flexibility index (Phi) is 4.44. The quantitative estimate of drug-likeness (QED) is 0.935. The molecule has 2 atom stereocenters. The Labute approximate surface area is 148 Å². The van der Waals surface area contributed by atoms with Gasteiger partial charge in [0.1, 0.15) is 0 Å². The SMILES string of the molecule is CN1CCC2CCN(C(=O)Nc3cccc(Cn4cccn4)c3)C2C1. The summed E-state index contributed by atoms with van der Waals surface area (Å²) in [6.45, 7) is 3.70. The summed E-state index contributed by atoms with van der Waals surface area (Å²) in [6.07, 6.45) is 6.04. The number of fused-ring (bicyclic) bond motifs is 1. The Morgan fingerprint density at radius 1 is 1.28 bits per heavy atom. The number of benzene rings is 1. The first-order chi connectivity index (χ1) is 12.2. The van der Waals surface area contributed by atoms with E-state index in [9.17, 15) is 4.79 Å². The van der Waals surface area contributed by atoms with Gasteiger partial charge in [-0.15, -0.1) is 0 Å². The first-order valence-electron chi connectivity index (χ1n) is 9.01. The van der Waals surface area contributed by atoms with Gasteiger partial charge in [-0.25, -0.2) is 4.79 Å².